The van der Waals surface area contributed by atoms with E-state index in [2.05, 4.69) is 31.1 Å². The van der Waals surface area contributed by atoms with Gasteiger partial charge in [0, 0.05) is 9.86 Å². The summed E-state index contributed by atoms with van der Waals surface area (Å²) in [6.07, 6.45) is 0. The minimum atomic E-state index is -0.588. The molecule has 3 aromatic rings. The lowest BCUT2D eigenvalue weighted by Gasteiger charge is -2.07. The summed E-state index contributed by atoms with van der Waals surface area (Å²) in [4.78, 5) is 14.7. The van der Waals surface area contributed by atoms with E-state index in [4.69, 9.17) is 9.47 Å². The van der Waals surface area contributed by atoms with Gasteiger partial charge in [-0.15, -0.1) is 10.2 Å². The molecule has 3 rings (SSSR count). The number of aromatic hydroxyl groups is 1. The standard InChI is InChI=1S/C17H14BrN3O4/c1-24-12-7-2-3-8-13(12)25-9-14(22)20-21-16-10-5-4-6-11(18)15(10)19-17(16)23/h2-8,19,23H,9H2,1H3. The number of aromatic amines is 1. The number of azo groups is 1. The maximum atomic E-state index is 11.9. The fourth-order valence-corrected chi connectivity index (χ4v) is 2.73. The minimum absolute atomic E-state index is 0.163. The Bertz CT molecular complexity index is 952. The molecule has 0 aliphatic rings. The van der Waals surface area contributed by atoms with Crippen LogP contribution in [0.5, 0.6) is 17.4 Å². The van der Waals surface area contributed by atoms with Crippen LogP contribution in [0.25, 0.3) is 10.9 Å². The summed E-state index contributed by atoms with van der Waals surface area (Å²) in [5.41, 5.74) is 0.869. The van der Waals surface area contributed by atoms with Gasteiger partial charge < -0.3 is 19.6 Å². The van der Waals surface area contributed by atoms with Crippen LogP contribution in [0, 0.1) is 0 Å². The summed E-state index contributed by atoms with van der Waals surface area (Å²) < 4.78 is 11.3. The number of rotatable bonds is 5. The molecule has 0 saturated carbocycles. The molecule has 0 fully saturated rings. The molecule has 2 N–H and O–H groups in total. The Labute approximate surface area is 151 Å². The van der Waals surface area contributed by atoms with E-state index in [1.807, 2.05) is 6.07 Å². The van der Waals surface area contributed by atoms with Crippen molar-refractivity contribution in [2.24, 2.45) is 10.2 Å². The highest BCUT2D eigenvalue weighted by molar-refractivity contribution is 9.10. The Balaban J connectivity index is 1.73. The number of methoxy groups -OCH3 is 1. The van der Waals surface area contributed by atoms with E-state index < -0.39 is 5.91 Å². The first kappa shape index (κ1) is 17.0. The Hall–Kier alpha value is -2.87. The van der Waals surface area contributed by atoms with E-state index in [9.17, 15) is 9.90 Å². The summed E-state index contributed by atoms with van der Waals surface area (Å²) in [6.45, 7) is -0.295. The third kappa shape index (κ3) is 3.63. The average Bonchev–Trinajstić information content (AvgIpc) is 2.95. The summed E-state index contributed by atoms with van der Waals surface area (Å²) in [7, 11) is 1.52. The van der Waals surface area contributed by atoms with Crippen molar-refractivity contribution in [3.05, 3.63) is 46.9 Å². The van der Waals surface area contributed by atoms with Crippen molar-refractivity contribution in [1.29, 1.82) is 0 Å². The van der Waals surface area contributed by atoms with Gasteiger partial charge >= 0.3 is 5.91 Å². The smallest absolute Gasteiger partial charge is 0.302 e. The van der Waals surface area contributed by atoms with Crippen LogP contribution in [-0.2, 0) is 4.79 Å². The molecule has 128 valence electrons. The molecule has 0 spiro atoms. The SMILES string of the molecule is COc1ccccc1OCC(=O)N=Nc1c(O)[nH]c2c(Br)cccc12. The van der Waals surface area contributed by atoms with Crippen molar-refractivity contribution in [3.63, 3.8) is 0 Å². The molecule has 0 bridgehead atoms. The highest BCUT2D eigenvalue weighted by atomic mass is 79.9. The monoisotopic (exact) mass is 403 g/mol. The second-order valence-corrected chi connectivity index (χ2v) is 5.87. The molecule has 2 aromatic carbocycles. The van der Waals surface area contributed by atoms with Gasteiger partial charge in [-0.1, -0.05) is 24.3 Å². The number of halogens is 1. The second-order valence-electron chi connectivity index (χ2n) is 5.02. The van der Waals surface area contributed by atoms with Crippen LogP contribution in [0.3, 0.4) is 0 Å². The summed E-state index contributed by atoms with van der Waals surface area (Å²) >= 11 is 3.38. The van der Waals surface area contributed by atoms with E-state index in [-0.39, 0.29) is 18.2 Å². The molecular weight excluding hydrogens is 390 g/mol. The quantitative estimate of drug-likeness (QED) is 0.619. The Morgan fingerprint density at radius 1 is 1.20 bits per heavy atom. The predicted octanol–water partition coefficient (Wildman–Crippen LogP) is 4.33. The van der Waals surface area contributed by atoms with E-state index >= 15 is 0 Å². The number of para-hydroxylation sites is 3. The predicted molar refractivity (Wildman–Crippen MR) is 95.7 cm³/mol. The molecule has 0 atom stereocenters. The lowest BCUT2D eigenvalue weighted by atomic mass is 10.2. The van der Waals surface area contributed by atoms with Gasteiger partial charge in [0.1, 0.15) is 0 Å². The van der Waals surface area contributed by atoms with Crippen LogP contribution in [0.1, 0.15) is 0 Å². The molecule has 8 heteroatoms. The van der Waals surface area contributed by atoms with E-state index in [0.29, 0.717) is 22.4 Å². The number of H-pyrrole nitrogens is 1. The summed E-state index contributed by atoms with van der Waals surface area (Å²) in [5, 5.41) is 18.1. The van der Waals surface area contributed by atoms with Gasteiger partial charge in [-0.2, -0.15) is 0 Å². The highest BCUT2D eigenvalue weighted by Crippen LogP contribution is 2.38. The third-order valence-electron chi connectivity index (χ3n) is 3.42. The summed E-state index contributed by atoms with van der Waals surface area (Å²) in [6, 6.07) is 12.4. The molecule has 0 aliphatic heterocycles. The molecule has 1 amide bonds. The van der Waals surface area contributed by atoms with Crippen LogP contribution in [0.2, 0.25) is 0 Å². The molecular formula is C17H14BrN3O4. The summed E-state index contributed by atoms with van der Waals surface area (Å²) in [5.74, 6) is 0.206. The van der Waals surface area contributed by atoms with E-state index in [0.717, 1.165) is 4.47 Å². The van der Waals surface area contributed by atoms with E-state index in [1.54, 1.807) is 36.4 Å². The zero-order valence-corrected chi connectivity index (χ0v) is 14.8. The van der Waals surface area contributed by atoms with Crippen molar-refractivity contribution < 1.29 is 19.4 Å². The number of nitrogens with zero attached hydrogens (tertiary/aromatic N) is 2. The fraction of sp³-hybridized carbons (Fsp3) is 0.118. The minimum Gasteiger partial charge on any atom is -0.493 e. The van der Waals surface area contributed by atoms with Crippen LogP contribution in [0.4, 0.5) is 5.69 Å². The number of fused-ring (bicyclic) bond motifs is 1. The topological polar surface area (TPSA) is 96.3 Å². The lowest BCUT2D eigenvalue weighted by molar-refractivity contribution is -0.120. The second kappa shape index (κ2) is 7.35. The lowest BCUT2D eigenvalue weighted by Crippen LogP contribution is -2.08. The molecule has 0 unspecified atom stereocenters. The van der Waals surface area contributed by atoms with Crippen molar-refractivity contribution >= 4 is 38.4 Å². The van der Waals surface area contributed by atoms with Gasteiger partial charge in [0.05, 0.1) is 12.6 Å². The molecule has 1 aromatic heterocycles. The van der Waals surface area contributed by atoms with Crippen molar-refractivity contribution in [1.82, 2.24) is 4.98 Å². The van der Waals surface area contributed by atoms with Crippen LogP contribution in [0.15, 0.2) is 57.2 Å². The van der Waals surface area contributed by atoms with Crippen LogP contribution in [-0.4, -0.2) is 29.7 Å². The number of nitrogens with one attached hydrogen (secondary N) is 1. The largest absolute Gasteiger partial charge is 0.493 e. The highest BCUT2D eigenvalue weighted by Gasteiger charge is 2.13. The van der Waals surface area contributed by atoms with Crippen LogP contribution < -0.4 is 9.47 Å². The maximum Gasteiger partial charge on any atom is 0.302 e. The zero-order valence-electron chi connectivity index (χ0n) is 13.2. The average molecular weight is 404 g/mol. The number of ether oxygens (including phenoxy) is 2. The molecule has 0 saturated heterocycles. The van der Waals surface area contributed by atoms with Gasteiger partial charge in [-0.05, 0) is 34.1 Å². The first-order chi connectivity index (χ1) is 12.1. The Morgan fingerprint density at radius 3 is 2.72 bits per heavy atom. The number of hydrogen-bond acceptors (Lipinski definition) is 5. The first-order valence-electron chi connectivity index (χ1n) is 7.29. The van der Waals surface area contributed by atoms with Gasteiger partial charge in [0.15, 0.2) is 23.8 Å². The Morgan fingerprint density at radius 2 is 1.96 bits per heavy atom. The number of benzene rings is 2. The molecule has 1 heterocycles. The normalized spacial score (nSPS) is 11.1. The number of amides is 1. The van der Waals surface area contributed by atoms with Gasteiger partial charge in [0.25, 0.3) is 0 Å². The van der Waals surface area contributed by atoms with Crippen molar-refractivity contribution in [3.8, 4) is 17.4 Å². The Kier molecular flexibility index (Phi) is 4.99. The number of carbonyl (C=O) groups is 1. The van der Waals surface area contributed by atoms with Crippen LogP contribution >= 0.6 is 15.9 Å². The molecule has 25 heavy (non-hydrogen) atoms. The van der Waals surface area contributed by atoms with Gasteiger partial charge in [-0.3, -0.25) is 4.79 Å². The fourth-order valence-electron chi connectivity index (χ4n) is 2.27. The molecule has 7 nitrogen and oxygen atoms in total. The van der Waals surface area contributed by atoms with Gasteiger partial charge in [0.2, 0.25) is 5.88 Å². The van der Waals surface area contributed by atoms with Crippen molar-refractivity contribution in [2.45, 2.75) is 0 Å². The first-order valence-corrected chi connectivity index (χ1v) is 8.09. The van der Waals surface area contributed by atoms with Gasteiger partial charge in [-0.25, -0.2) is 0 Å². The molecule has 0 aliphatic carbocycles. The number of hydrogen-bond donors (Lipinski definition) is 2. The number of aromatic nitrogens is 1. The van der Waals surface area contributed by atoms with E-state index in [1.165, 1.54) is 7.11 Å². The third-order valence-corrected chi connectivity index (χ3v) is 4.08. The van der Waals surface area contributed by atoms with Crippen molar-refractivity contribution in [2.75, 3.05) is 13.7 Å². The molecule has 0 radical (unpaired) electrons. The maximum absolute atomic E-state index is 11.9. The zero-order chi connectivity index (χ0) is 17.8. The number of carbonyl (C=O) groups excluding carboxylic acids is 1.